The lowest BCUT2D eigenvalue weighted by atomic mass is 10.1. The van der Waals surface area contributed by atoms with E-state index < -0.39 is 52.7 Å². The number of hydrogen-bond donors (Lipinski definition) is 1. The van der Waals surface area contributed by atoms with Gasteiger partial charge in [0, 0.05) is 12.0 Å². The van der Waals surface area contributed by atoms with Gasteiger partial charge in [-0.15, -0.1) is 11.3 Å². The fourth-order valence-corrected chi connectivity index (χ4v) is 4.19. The van der Waals surface area contributed by atoms with Crippen LogP contribution >= 0.6 is 11.3 Å². The van der Waals surface area contributed by atoms with Crippen molar-refractivity contribution in [3.05, 3.63) is 34.8 Å². The molecule has 0 saturated carbocycles. The predicted octanol–water partition coefficient (Wildman–Crippen LogP) is 4.72. The van der Waals surface area contributed by atoms with Crippen molar-refractivity contribution in [2.24, 2.45) is 0 Å². The first-order valence-electron chi connectivity index (χ1n) is 10.3. The number of hydrogen-bond acceptors (Lipinski definition) is 6. The summed E-state index contributed by atoms with van der Waals surface area (Å²) in [6.07, 6.45) is -5.68. The highest BCUT2D eigenvalue weighted by molar-refractivity contribution is 7.15. The van der Waals surface area contributed by atoms with E-state index in [2.05, 4.69) is 15.3 Å². The number of alkyl halides is 4. The molecule has 1 aliphatic rings. The van der Waals surface area contributed by atoms with Crippen LogP contribution in [-0.4, -0.2) is 50.7 Å². The zero-order chi connectivity index (χ0) is 25.4. The Labute approximate surface area is 196 Å². The van der Waals surface area contributed by atoms with Gasteiger partial charge in [-0.25, -0.2) is 18.6 Å². The normalized spacial score (nSPS) is 21.0. The number of ether oxygens (including phenoxy) is 1. The first-order valence-corrected chi connectivity index (χ1v) is 11.1. The van der Waals surface area contributed by atoms with E-state index in [1.807, 2.05) is 0 Å². The van der Waals surface area contributed by atoms with Crippen LogP contribution in [0.25, 0.3) is 10.6 Å². The van der Waals surface area contributed by atoms with Crippen LogP contribution in [-0.2, 0) is 22.3 Å². The van der Waals surface area contributed by atoms with E-state index in [9.17, 15) is 31.5 Å². The molecule has 1 N–H and O–H groups in total. The monoisotopic (exact) mass is 506 g/mol. The number of carbonyl (C=O) groups excluding carboxylic acids is 2. The van der Waals surface area contributed by atoms with Crippen LogP contribution in [0.15, 0.2) is 18.5 Å². The minimum absolute atomic E-state index is 0.139. The Kier molecular flexibility index (Phi) is 7.15. The molecule has 0 spiro atoms. The molecule has 1 fully saturated rings. The second-order valence-electron chi connectivity index (χ2n) is 8.80. The summed E-state index contributed by atoms with van der Waals surface area (Å²) in [7, 11) is 0. The number of pyridine rings is 1. The topological polar surface area (TPSA) is 84.4 Å². The molecule has 2 amide bonds. The molecule has 0 aromatic carbocycles. The average Bonchev–Trinajstić information content (AvgIpc) is 3.31. The van der Waals surface area contributed by atoms with Crippen molar-refractivity contribution in [1.82, 2.24) is 20.2 Å². The van der Waals surface area contributed by atoms with E-state index in [4.69, 9.17) is 4.74 Å². The van der Waals surface area contributed by atoms with Gasteiger partial charge in [-0.2, -0.15) is 13.2 Å². The lowest BCUT2D eigenvalue weighted by Gasteiger charge is -2.30. The number of amides is 2. The van der Waals surface area contributed by atoms with Crippen molar-refractivity contribution >= 4 is 23.3 Å². The lowest BCUT2D eigenvalue weighted by Crippen LogP contribution is -2.50. The maximum Gasteiger partial charge on any atom is 0.427 e. The van der Waals surface area contributed by atoms with Gasteiger partial charge in [0.15, 0.2) is 5.82 Å². The Morgan fingerprint density at radius 1 is 1.24 bits per heavy atom. The SMILES string of the molecule is C[C@H]1[C@@H](F)C[C@@H](C(=O)NCc2cc(-c3ncc(C(F)(F)F)s3)c(F)cn2)N1C(=O)OC(C)(C)C. The Bertz CT molecular complexity index is 1070. The highest BCUT2D eigenvalue weighted by Gasteiger charge is 2.46. The molecule has 13 heteroatoms. The molecule has 2 aromatic heterocycles. The predicted molar refractivity (Wildman–Crippen MR) is 113 cm³/mol. The lowest BCUT2D eigenvalue weighted by molar-refractivity contribution is -0.134. The number of nitrogens with zero attached hydrogens (tertiary/aromatic N) is 3. The molecule has 186 valence electrons. The molecule has 3 atom stereocenters. The van der Waals surface area contributed by atoms with E-state index in [-0.39, 0.29) is 40.6 Å². The number of carbonyl (C=O) groups is 2. The van der Waals surface area contributed by atoms with Gasteiger partial charge >= 0.3 is 12.3 Å². The van der Waals surface area contributed by atoms with Crippen molar-refractivity contribution in [3.8, 4) is 10.6 Å². The third kappa shape index (κ3) is 5.80. The van der Waals surface area contributed by atoms with Crippen LogP contribution in [0.1, 0.15) is 44.7 Å². The number of nitrogens with one attached hydrogen (secondary N) is 1. The largest absolute Gasteiger partial charge is 0.444 e. The van der Waals surface area contributed by atoms with Gasteiger partial charge in [0.05, 0.1) is 30.7 Å². The van der Waals surface area contributed by atoms with E-state index in [0.717, 1.165) is 11.1 Å². The third-order valence-corrected chi connectivity index (χ3v) is 6.10. The fourth-order valence-electron chi connectivity index (χ4n) is 3.39. The minimum atomic E-state index is -4.61. The van der Waals surface area contributed by atoms with E-state index in [1.165, 1.54) is 13.0 Å². The van der Waals surface area contributed by atoms with Crippen molar-refractivity contribution in [2.45, 2.75) is 70.7 Å². The molecular weight excluding hydrogens is 483 g/mol. The van der Waals surface area contributed by atoms with Gasteiger partial charge < -0.3 is 10.1 Å². The first kappa shape index (κ1) is 25.8. The van der Waals surface area contributed by atoms with Gasteiger partial charge in [0.25, 0.3) is 0 Å². The maximum absolute atomic E-state index is 14.3. The molecule has 0 aliphatic carbocycles. The molecule has 0 unspecified atom stereocenters. The van der Waals surface area contributed by atoms with Gasteiger partial charge in [0.1, 0.15) is 27.7 Å². The smallest absolute Gasteiger partial charge is 0.427 e. The standard InChI is InChI=1S/C21H23F5N4O3S/c1-10-13(22)6-15(30(10)19(32)33-20(2,3)4)17(31)28-7-11-5-12(14(23)8-27-11)18-29-9-16(34-18)21(24,25)26/h5,8-10,13,15H,6-7H2,1-4H3,(H,28,31)/t10-,13-,15-/m0/s1. The quantitative estimate of drug-likeness (QED) is 0.607. The van der Waals surface area contributed by atoms with Gasteiger partial charge in [-0.1, -0.05) is 0 Å². The summed E-state index contributed by atoms with van der Waals surface area (Å²) in [5, 5.41) is 2.33. The summed E-state index contributed by atoms with van der Waals surface area (Å²) in [6.45, 7) is 6.18. The van der Waals surface area contributed by atoms with Gasteiger partial charge in [-0.3, -0.25) is 14.7 Å². The van der Waals surface area contributed by atoms with Crippen molar-refractivity contribution in [2.75, 3.05) is 0 Å². The molecule has 7 nitrogen and oxygen atoms in total. The summed E-state index contributed by atoms with van der Waals surface area (Å²) in [5.74, 6) is -1.54. The summed E-state index contributed by atoms with van der Waals surface area (Å²) in [4.78, 5) is 32.8. The van der Waals surface area contributed by atoms with Crippen LogP contribution in [0.2, 0.25) is 0 Å². The van der Waals surface area contributed by atoms with Crippen molar-refractivity contribution in [1.29, 1.82) is 0 Å². The molecule has 0 radical (unpaired) electrons. The van der Waals surface area contributed by atoms with Crippen LogP contribution < -0.4 is 5.32 Å². The number of thiazole rings is 1. The Morgan fingerprint density at radius 2 is 1.91 bits per heavy atom. The van der Waals surface area contributed by atoms with Crippen molar-refractivity contribution < 1.29 is 36.3 Å². The zero-order valence-electron chi connectivity index (χ0n) is 18.7. The molecule has 34 heavy (non-hydrogen) atoms. The van der Waals surface area contributed by atoms with Crippen LogP contribution in [0.4, 0.5) is 26.7 Å². The van der Waals surface area contributed by atoms with Crippen LogP contribution in [0.3, 0.4) is 0 Å². The second kappa shape index (κ2) is 9.43. The number of aromatic nitrogens is 2. The van der Waals surface area contributed by atoms with Gasteiger partial charge in [0.2, 0.25) is 5.91 Å². The third-order valence-electron chi connectivity index (χ3n) is 5.02. The molecule has 1 aliphatic heterocycles. The van der Waals surface area contributed by atoms with E-state index >= 15 is 0 Å². The molecule has 3 rings (SSSR count). The van der Waals surface area contributed by atoms with E-state index in [1.54, 1.807) is 20.8 Å². The number of likely N-dealkylation sites (tertiary alicyclic amines) is 1. The molecule has 0 bridgehead atoms. The van der Waals surface area contributed by atoms with Crippen LogP contribution in [0, 0.1) is 5.82 Å². The van der Waals surface area contributed by atoms with Gasteiger partial charge in [-0.05, 0) is 33.8 Å². The Balaban J connectivity index is 1.73. The summed E-state index contributed by atoms with van der Waals surface area (Å²) < 4.78 is 72.4. The summed E-state index contributed by atoms with van der Waals surface area (Å²) >= 11 is 0.278. The van der Waals surface area contributed by atoms with Crippen LogP contribution in [0.5, 0.6) is 0 Å². The highest BCUT2D eigenvalue weighted by Crippen LogP contribution is 2.37. The summed E-state index contributed by atoms with van der Waals surface area (Å²) in [5.41, 5.74) is -0.906. The Morgan fingerprint density at radius 3 is 2.50 bits per heavy atom. The molecule has 2 aromatic rings. The summed E-state index contributed by atoms with van der Waals surface area (Å²) in [6, 6.07) is -0.836. The van der Waals surface area contributed by atoms with E-state index in [0.29, 0.717) is 6.20 Å². The number of rotatable bonds is 4. The zero-order valence-corrected chi connectivity index (χ0v) is 19.6. The molecular formula is C21H23F5N4O3S. The number of halogens is 5. The Hall–Kier alpha value is -2.83. The average molecular weight is 506 g/mol. The highest BCUT2D eigenvalue weighted by atomic mass is 32.1. The molecule has 1 saturated heterocycles. The fraction of sp³-hybridized carbons (Fsp3) is 0.524. The molecule has 3 heterocycles. The van der Waals surface area contributed by atoms with Crippen molar-refractivity contribution in [3.63, 3.8) is 0 Å². The minimum Gasteiger partial charge on any atom is -0.444 e. The second-order valence-corrected chi connectivity index (χ2v) is 9.83. The first-order chi connectivity index (χ1) is 15.7. The maximum atomic E-state index is 14.3.